The quantitative estimate of drug-likeness (QED) is 0.811. The zero-order valence-electron chi connectivity index (χ0n) is 9.80. The van der Waals surface area contributed by atoms with E-state index in [-0.39, 0.29) is 12.0 Å². The summed E-state index contributed by atoms with van der Waals surface area (Å²) in [5.41, 5.74) is 0. The Labute approximate surface area is 102 Å². The Morgan fingerprint density at radius 3 is 2.53 bits per heavy atom. The number of hydrogen-bond donors (Lipinski definition) is 0. The average molecular weight is 252 g/mol. The third-order valence-electron chi connectivity index (χ3n) is 3.99. The summed E-state index contributed by atoms with van der Waals surface area (Å²) in [7, 11) is -3.36. The minimum Gasteiger partial charge on any atom is -0.355 e. The van der Waals surface area contributed by atoms with E-state index in [1.54, 1.807) is 24.3 Å². The van der Waals surface area contributed by atoms with E-state index in [4.69, 9.17) is 4.74 Å². The summed E-state index contributed by atoms with van der Waals surface area (Å²) in [6, 6.07) is 8.66. The predicted molar refractivity (Wildman–Crippen MR) is 64.2 cm³/mol. The molecular formula is C13H16O3S. The molecule has 1 saturated heterocycles. The monoisotopic (exact) mass is 252 g/mol. The minimum absolute atomic E-state index is 0.0565. The zero-order chi connectivity index (χ0) is 12.1. The number of ether oxygens (including phenoxy) is 1. The largest absolute Gasteiger partial charge is 0.355 e. The molecule has 17 heavy (non-hydrogen) atoms. The van der Waals surface area contributed by atoms with Gasteiger partial charge in [0.25, 0.3) is 0 Å². The molecule has 3 nitrogen and oxygen atoms in total. The van der Waals surface area contributed by atoms with E-state index in [0.717, 1.165) is 12.8 Å². The third kappa shape index (κ3) is 1.40. The molecule has 92 valence electrons. The second-order valence-corrected chi connectivity index (χ2v) is 7.20. The standard InChI is InChI=1S/C13H16O3S/c1-10-9-11-7-8-13(11,16-10)17(14,15)12-5-3-2-4-6-12/h2-6,10-11H,7-9H2,1H3/t10-,11+,13-/m1/s1. The first-order valence-corrected chi connectivity index (χ1v) is 7.52. The summed E-state index contributed by atoms with van der Waals surface area (Å²) in [6.45, 7) is 1.96. The molecule has 1 aromatic rings. The van der Waals surface area contributed by atoms with Gasteiger partial charge in [-0.25, -0.2) is 8.42 Å². The zero-order valence-corrected chi connectivity index (χ0v) is 10.6. The summed E-state index contributed by atoms with van der Waals surface area (Å²) in [5.74, 6) is 0.183. The lowest BCUT2D eigenvalue weighted by Gasteiger charge is -2.42. The SMILES string of the molecule is C[C@@H]1C[C@@H]2CC[C@]2(S(=O)(=O)c2ccccc2)O1. The molecule has 0 aromatic heterocycles. The van der Waals surface area contributed by atoms with Crippen LogP contribution < -0.4 is 0 Å². The van der Waals surface area contributed by atoms with Gasteiger partial charge in [0.15, 0.2) is 4.93 Å². The van der Waals surface area contributed by atoms with Gasteiger partial charge in [0.1, 0.15) is 0 Å². The Hall–Kier alpha value is -0.870. The maximum atomic E-state index is 12.6. The van der Waals surface area contributed by atoms with Crippen LogP contribution in [0.4, 0.5) is 0 Å². The van der Waals surface area contributed by atoms with Crippen LogP contribution in [0.25, 0.3) is 0 Å². The molecule has 2 fully saturated rings. The molecule has 0 spiro atoms. The van der Waals surface area contributed by atoms with E-state index in [0.29, 0.717) is 11.3 Å². The smallest absolute Gasteiger partial charge is 0.208 e. The van der Waals surface area contributed by atoms with E-state index in [1.807, 2.05) is 13.0 Å². The van der Waals surface area contributed by atoms with Crippen LogP contribution in [0.1, 0.15) is 26.2 Å². The van der Waals surface area contributed by atoms with E-state index in [2.05, 4.69) is 0 Å². The number of hydrogen-bond acceptors (Lipinski definition) is 3. The lowest BCUT2D eigenvalue weighted by molar-refractivity contribution is -0.0355. The van der Waals surface area contributed by atoms with Crippen molar-refractivity contribution in [2.75, 3.05) is 0 Å². The van der Waals surface area contributed by atoms with E-state index in [1.165, 1.54) is 0 Å². The van der Waals surface area contributed by atoms with Gasteiger partial charge in [0.05, 0.1) is 11.0 Å². The summed E-state index contributed by atoms with van der Waals surface area (Å²) >= 11 is 0. The number of fused-ring (bicyclic) bond motifs is 1. The fraction of sp³-hybridized carbons (Fsp3) is 0.538. The molecule has 2 aliphatic rings. The normalized spacial score (nSPS) is 36.3. The van der Waals surface area contributed by atoms with Crippen LogP contribution in [0, 0.1) is 5.92 Å². The van der Waals surface area contributed by atoms with Crippen molar-refractivity contribution < 1.29 is 13.2 Å². The van der Waals surface area contributed by atoms with Crippen molar-refractivity contribution in [3.63, 3.8) is 0 Å². The molecule has 0 radical (unpaired) electrons. The van der Waals surface area contributed by atoms with Gasteiger partial charge in [-0.3, -0.25) is 0 Å². The first-order chi connectivity index (χ1) is 8.06. The van der Waals surface area contributed by atoms with Gasteiger partial charge in [-0.1, -0.05) is 18.2 Å². The van der Waals surface area contributed by atoms with Crippen LogP contribution in [0.15, 0.2) is 35.2 Å². The van der Waals surface area contributed by atoms with E-state index >= 15 is 0 Å². The Balaban J connectivity index is 2.05. The fourth-order valence-electron chi connectivity index (χ4n) is 3.04. The van der Waals surface area contributed by atoms with E-state index < -0.39 is 14.8 Å². The van der Waals surface area contributed by atoms with Crippen molar-refractivity contribution in [1.82, 2.24) is 0 Å². The van der Waals surface area contributed by atoms with Crippen molar-refractivity contribution in [3.8, 4) is 0 Å². The molecule has 1 heterocycles. The first kappa shape index (κ1) is 11.2. The Morgan fingerprint density at radius 2 is 2.00 bits per heavy atom. The van der Waals surface area contributed by atoms with Gasteiger partial charge in [-0.15, -0.1) is 0 Å². The highest BCUT2D eigenvalue weighted by Gasteiger charge is 2.62. The van der Waals surface area contributed by atoms with Crippen molar-refractivity contribution in [1.29, 1.82) is 0 Å². The van der Waals surface area contributed by atoms with Crippen LogP contribution in [0.3, 0.4) is 0 Å². The Bertz CT molecular complexity index is 523. The molecule has 0 bridgehead atoms. The van der Waals surface area contributed by atoms with Gasteiger partial charge < -0.3 is 4.74 Å². The summed E-state index contributed by atoms with van der Waals surface area (Å²) in [5, 5.41) is 0. The highest BCUT2D eigenvalue weighted by molar-refractivity contribution is 7.92. The second kappa shape index (κ2) is 3.56. The van der Waals surface area contributed by atoms with Gasteiger partial charge in [0.2, 0.25) is 9.84 Å². The van der Waals surface area contributed by atoms with Crippen LogP contribution in [0.2, 0.25) is 0 Å². The van der Waals surface area contributed by atoms with Crippen molar-refractivity contribution in [2.24, 2.45) is 5.92 Å². The molecule has 1 aliphatic heterocycles. The van der Waals surface area contributed by atoms with Gasteiger partial charge >= 0.3 is 0 Å². The Kier molecular flexibility index (Phi) is 2.35. The molecule has 3 atom stereocenters. The molecule has 1 aromatic carbocycles. The van der Waals surface area contributed by atoms with E-state index in [9.17, 15) is 8.42 Å². The summed E-state index contributed by atoms with van der Waals surface area (Å²) < 4.78 is 31.1. The van der Waals surface area contributed by atoms with Crippen LogP contribution in [-0.4, -0.2) is 19.5 Å². The maximum Gasteiger partial charge on any atom is 0.208 e. The first-order valence-electron chi connectivity index (χ1n) is 6.04. The lowest BCUT2D eigenvalue weighted by atomic mass is 9.80. The number of benzene rings is 1. The van der Waals surface area contributed by atoms with Crippen LogP contribution in [-0.2, 0) is 14.6 Å². The maximum absolute atomic E-state index is 12.6. The highest BCUT2D eigenvalue weighted by atomic mass is 32.2. The predicted octanol–water partition coefficient (Wildman–Crippen LogP) is 2.38. The highest BCUT2D eigenvalue weighted by Crippen LogP contribution is 2.55. The molecule has 0 N–H and O–H groups in total. The number of sulfone groups is 1. The third-order valence-corrected chi connectivity index (χ3v) is 6.42. The molecule has 1 saturated carbocycles. The minimum atomic E-state index is -3.36. The molecule has 0 amide bonds. The molecule has 4 heteroatoms. The van der Waals surface area contributed by atoms with Gasteiger partial charge in [-0.05, 0) is 38.3 Å². The Morgan fingerprint density at radius 1 is 1.29 bits per heavy atom. The summed E-state index contributed by atoms with van der Waals surface area (Å²) in [6.07, 6.45) is 2.53. The molecule has 3 rings (SSSR count). The van der Waals surface area contributed by atoms with Crippen molar-refractivity contribution in [2.45, 2.75) is 42.1 Å². The molecule has 0 unspecified atom stereocenters. The van der Waals surface area contributed by atoms with Crippen molar-refractivity contribution >= 4 is 9.84 Å². The number of rotatable bonds is 2. The average Bonchev–Trinajstić information content (AvgIpc) is 2.54. The summed E-state index contributed by atoms with van der Waals surface area (Å²) in [4.78, 5) is -0.535. The van der Waals surface area contributed by atoms with Gasteiger partial charge in [-0.2, -0.15) is 0 Å². The molecular weight excluding hydrogens is 236 g/mol. The second-order valence-electron chi connectivity index (χ2n) is 5.03. The van der Waals surface area contributed by atoms with Crippen LogP contribution >= 0.6 is 0 Å². The van der Waals surface area contributed by atoms with Gasteiger partial charge in [0, 0.05) is 5.92 Å². The topological polar surface area (TPSA) is 43.4 Å². The lowest BCUT2D eigenvalue weighted by Crippen LogP contribution is -2.51. The van der Waals surface area contributed by atoms with Crippen molar-refractivity contribution in [3.05, 3.63) is 30.3 Å². The molecule has 1 aliphatic carbocycles. The van der Waals surface area contributed by atoms with Crippen LogP contribution in [0.5, 0.6) is 0 Å². The fourth-order valence-corrected chi connectivity index (χ4v) is 5.29.